The molecule has 1 N–H and O–H groups in total. The molecule has 2 aliphatic heterocycles. The molecule has 3 aliphatic rings. The highest BCUT2D eigenvalue weighted by molar-refractivity contribution is 7.15. The predicted octanol–water partition coefficient (Wildman–Crippen LogP) is 5.03. The number of nitrogens with one attached hydrogen (secondary N) is 1. The predicted molar refractivity (Wildman–Crippen MR) is 141 cm³/mol. The maximum Gasteiger partial charge on any atom is 0.274 e. The van der Waals surface area contributed by atoms with Crippen LogP contribution in [0, 0.1) is 25.7 Å². The van der Waals surface area contributed by atoms with Gasteiger partial charge in [-0.3, -0.25) is 9.59 Å². The molecule has 1 saturated heterocycles. The molecule has 7 heteroatoms. The van der Waals surface area contributed by atoms with E-state index in [-0.39, 0.29) is 23.5 Å². The van der Waals surface area contributed by atoms with E-state index in [0.717, 1.165) is 46.0 Å². The Morgan fingerprint density at radius 2 is 2.00 bits per heavy atom. The summed E-state index contributed by atoms with van der Waals surface area (Å²) in [6, 6.07) is 13.9. The van der Waals surface area contributed by atoms with Crippen molar-refractivity contribution in [3.05, 3.63) is 69.9 Å². The molecule has 3 atom stereocenters. The molecule has 186 valence electrons. The fourth-order valence-electron chi connectivity index (χ4n) is 5.84. The molecule has 1 saturated carbocycles. The average molecular weight is 502 g/mol. The first-order chi connectivity index (χ1) is 17.2. The summed E-state index contributed by atoms with van der Waals surface area (Å²) in [5, 5.41) is 4.00. The number of nitrogens with zero attached hydrogens (tertiary/aromatic N) is 2. The molecule has 0 spiro atoms. The number of likely N-dealkylation sites (tertiary alicyclic amines) is 1. The lowest BCUT2D eigenvalue weighted by molar-refractivity contribution is 0.0689. The van der Waals surface area contributed by atoms with E-state index in [4.69, 9.17) is 4.74 Å². The Hall–Kier alpha value is -3.19. The number of rotatable bonds is 5. The number of aryl methyl sites for hydroxylation is 2. The number of para-hydroxylation sites is 1. The fourth-order valence-corrected chi connectivity index (χ4v) is 6.75. The molecule has 2 aromatic carbocycles. The number of amides is 2. The first kappa shape index (κ1) is 23.2. The number of hydrogen-bond donors (Lipinski definition) is 1. The Balaban J connectivity index is 1.21. The monoisotopic (exact) mass is 501 g/mol. The molecule has 0 radical (unpaired) electrons. The van der Waals surface area contributed by atoms with Crippen LogP contribution in [0.5, 0.6) is 5.75 Å². The van der Waals surface area contributed by atoms with E-state index in [1.54, 1.807) is 11.3 Å². The molecular formula is C29H31N3O3S. The topological polar surface area (TPSA) is 71.5 Å². The van der Waals surface area contributed by atoms with E-state index >= 15 is 0 Å². The number of aromatic nitrogens is 1. The van der Waals surface area contributed by atoms with Crippen LogP contribution in [-0.4, -0.2) is 46.4 Å². The summed E-state index contributed by atoms with van der Waals surface area (Å²) in [5.74, 6) is 1.46. The van der Waals surface area contributed by atoms with Crippen LogP contribution >= 0.6 is 11.3 Å². The van der Waals surface area contributed by atoms with Gasteiger partial charge in [0.15, 0.2) is 0 Å². The van der Waals surface area contributed by atoms with E-state index in [2.05, 4.69) is 29.4 Å². The number of carbonyl (C=O) groups is 2. The van der Waals surface area contributed by atoms with E-state index < -0.39 is 0 Å². The minimum Gasteiger partial charge on any atom is -0.486 e. The van der Waals surface area contributed by atoms with Gasteiger partial charge in [0.25, 0.3) is 11.8 Å². The SMILES string of the molecule is Cc1cccc(-c2sc(C)nc2C(=O)N2C[C@@H]3C[C@@H]3[C@H]2CNC(=O)c2cccc3c2OC(C)(C)C3)c1. The first-order valence-corrected chi connectivity index (χ1v) is 13.5. The van der Waals surface area contributed by atoms with Crippen LogP contribution in [0.1, 0.15) is 57.2 Å². The van der Waals surface area contributed by atoms with Gasteiger partial charge in [0.2, 0.25) is 0 Å². The number of thiazole rings is 1. The molecule has 2 fully saturated rings. The minimum atomic E-state index is -0.310. The highest BCUT2D eigenvalue weighted by Crippen LogP contribution is 2.50. The van der Waals surface area contributed by atoms with Crippen LogP contribution in [0.3, 0.4) is 0 Å². The van der Waals surface area contributed by atoms with Crippen molar-refractivity contribution in [2.24, 2.45) is 11.8 Å². The minimum absolute atomic E-state index is 0.0204. The second kappa shape index (κ2) is 8.44. The van der Waals surface area contributed by atoms with Crippen LogP contribution < -0.4 is 10.1 Å². The number of piperidine rings is 1. The van der Waals surface area contributed by atoms with Crippen LogP contribution in [0.25, 0.3) is 10.4 Å². The zero-order chi connectivity index (χ0) is 25.2. The molecule has 6 nitrogen and oxygen atoms in total. The Morgan fingerprint density at radius 1 is 1.19 bits per heavy atom. The molecule has 2 amide bonds. The van der Waals surface area contributed by atoms with Gasteiger partial charge < -0.3 is 15.0 Å². The number of fused-ring (bicyclic) bond motifs is 2. The summed E-state index contributed by atoms with van der Waals surface area (Å²) in [7, 11) is 0. The van der Waals surface area contributed by atoms with Crippen molar-refractivity contribution < 1.29 is 14.3 Å². The second-order valence-electron chi connectivity index (χ2n) is 11.0. The average Bonchev–Trinajstić information content (AvgIpc) is 3.17. The van der Waals surface area contributed by atoms with Crippen molar-refractivity contribution in [3.8, 4) is 16.2 Å². The molecule has 1 aromatic heterocycles. The molecule has 1 aliphatic carbocycles. The van der Waals surface area contributed by atoms with Crippen LogP contribution in [0.15, 0.2) is 42.5 Å². The summed E-state index contributed by atoms with van der Waals surface area (Å²) in [5.41, 5.74) is 4.03. The first-order valence-electron chi connectivity index (χ1n) is 12.6. The second-order valence-corrected chi connectivity index (χ2v) is 12.2. The van der Waals surface area contributed by atoms with Crippen LogP contribution in [0.4, 0.5) is 0 Å². The van der Waals surface area contributed by atoms with Crippen molar-refractivity contribution >= 4 is 23.2 Å². The number of carbonyl (C=O) groups excluding carboxylic acids is 2. The standard InChI is InChI=1S/C29H31N3O3S/c1-16-7-5-8-18(11-16)26-24(31-17(2)36-26)28(34)32-15-20-12-22(20)23(32)14-30-27(33)21-10-6-9-19-13-29(3,4)35-25(19)21/h5-11,20,22-23H,12-15H2,1-4H3,(H,30,33)/t20-,22-,23+/m0/s1. The lowest BCUT2D eigenvalue weighted by Crippen LogP contribution is -2.45. The third kappa shape index (κ3) is 4.09. The number of ether oxygens (including phenoxy) is 1. The Labute approximate surface area is 215 Å². The van der Waals surface area contributed by atoms with E-state index in [1.807, 2.05) is 56.0 Å². The summed E-state index contributed by atoms with van der Waals surface area (Å²) < 4.78 is 6.10. The van der Waals surface area contributed by atoms with Gasteiger partial charge >= 0.3 is 0 Å². The summed E-state index contributed by atoms with van der Waals surface area (Å²) in [6.45, 7) is 9.24. The smallest absolute Gasteiger partial charge is 0.274 e. The zero-order valence-electron chi connectivity index (χ0n) is 21.1. The molecule has 0 bridgehead atoms. The van der Waals surface area contributed by atoms with E-state index in [0.29, 0.717) is 35.4 Å². The molecule has 3 heterocycles. The van der Waals surface area contributed by atoms with Crippen molar-refractivity contribution in [1.82, 2.24) is 15.2 Å². The number of benzene rings is 2. The normalized spacial score (nSPS) is 23.1. The quantitative estimate of drug-likeness (QED) is 0.532. The Morgan fingerprint density at radius 3 is 2.81 bits per heavy atom. The van der Waals surface area contributed by atoms with Crippen molar-refractivity contribution in [2.45, 2.75) is 52.2 Å². The van der Waals surface area contributed by atoms with E-state index in [9.17, 15) is 9.59 Å². The molecule has 36 heavy (non-hydrogen) atoms. The maximum atomic E-state index is 13.8. The van der Waals surface area contributed by atoms with Gasteiger partial charge in [-0.1, -0.05) is 42.0 Å². The number of hydrogen-bond acceptors (Lipinski definition) is 5. The third-order valence-electron chi connectivity index (χ3n) is 7.59. The largest absolute Gasteiger partial charge is 0.486 e. The van der Waals surface area contributed by atoms with Crippen molar-refractivity contribution in [1.29, 1.82) is 0 Å². The van der Waals surface area contributed by atoms with Gasteiger partial charge in [-0.2, -0.15) is 0 Å². The fraction of sp³-hybridized carbons (Fsp3) is 0.414. The summed E-state index contributed by atoms with van der Waals surface area (Å²) in [4.78, 5) is 34.5. The maximum absolute atomic E-state index is 13.8. The lowest BCUT2D eigenvalue weighted by atomic mass is 10.0. The summed E-state index contributed by atoms with van der Waals surface area (Å²) in [6.07, 6.45) is 1.90. The summed E-state index contributed by atoms with van der Waals surface area (Å²) >= 11 is 1.56. The molecule has 6 rings (SSSR count). The molecular weight excluding hydrogens is 470 g/mol. The van der Waals surface area contributed by atoms with Gasteiger partial charge in [0, 0.05) is 19.5 Å². The van der Waals surface area contributed by atoms with Crippen LogP contribution in [0.2, 0.25) is 0 Å². The van der Waals surface area contributed by atoms with Gasteiger partial charge in [0.05, 0.1) is 21.5 Å². The van der Waals surface area contributed by atoms with Gasteiger partial charge in [-0.25, -0.2) is 4.98 Å². The van der Waals surface area contributed by atoms with Crippen molar-refractivity contribution in [3.63, 3.8) is 0 Å². The highest BCUT2D eigenvalue weighted by atomic mass is 32.1. The Bertz CT molecular complexity index is 1380. The van der Waals surface area contributed by atoms with Crippen molar-refractivity contribution in [2.75, 3.05) is 13.1 Å². The van der Waals surface area contributed by atoms with Gasteiger partial charge in [-0.15, -0.1) is 11.3 Å². The molecule has 0 unspecified atom stereocenters. The third-order valence-corrected chi connectivity index (χ3v) is 8.61. The zero-order valence-corrected chi connectivity index (χ0v) is 21.9. The lowest BCUT2D eigenvalue weighted by Gasteiger charge is -2.27. The molecule has 3 aromatic rings. The van der Waals surface area contributed by atoms with E-state index in [1.165, 1.54) is 0 Å². The van der Waals surface area contributed by atoms with Crippen LogP contribution in [-0.2, 0) is 6.42 Å². The Kier molecular flexibility index (Phi) is 5.45. The highest BCUT2D eigenvalue weighted by Gasteiger charge is 2.54. The van der Waals surface area contributed by atoms with Gasteiger partial charge in [-0.05, 0) is 63.1 Å². The van der Waals surface area contributed by atoms with Gasteiger partial charge in [0.1, 0.15) is 17.0 Å².